The highest BCUT2D eigenvalue weighted by atomic mass is 14.3. The summed E-state index contributed by atoms with van der Waals surface area (Å²) in [5.74, 6) is 2.26. The summed E-state index contributed by atoms with van der Waals surface area (Å²) < 4.78 is 0. The Hall–Kier alpha value is 0. The Morgan fingerprint density at radius 2 is 0.938 bits per heavy atom. The normalized spacial score (nSPS) is 28.5. The fourth-order valence-electron chi connectivity index (χ4n) is 2.85. The fraction of sp³-hybridized carbons (Fsp3) is 1.00. The van der Waals surface area contributed by atoms with Crippen molar-refractivity contribution in [3.8, 4) is 0 Å². The van der Waals surface area contributed by atoms with Crippen molar-refractivity contribution >= 4 is 0 Å². The van der Waals surface area contributed by atoms with Crippen molar-refractivity contribution in [3.05, 3.63) is 0 Å². The highest BCUT2D eigenvalue weighted by Crippen LogP contribution is 2.36. The van der Waals surface area contributed by atoms with E-state index < -0.39 is 0 Å². The lowest BCUT2D eigenvalue weighted by atomic mass is 9.80. The van der Waals surface area contributed by atoms with Crippen LogP contribution in [0.25, 0.3) is 0 Å². The van der Waals surface area contributed by atoms with Gasteiger partial charge in [-0.25, -0.2) is 0 Å². The van der Waals surface area contributed by atoms with Crippen molar-refractivity contribution in [2.24, 2.45) is 11.8 Å². The van der Waals surface area contributed by atoms with Gasteiger partial charge in [-0.1, -0.05) is 91.9 Å². The maximum atomic E-state index is 2.12. The molecule has 16 heavy (non-hydrogen) atoms. The quantitative estimate of drug-likeness (QED) is 0.461. The lowest BCUT2D eigenvalue weighted by Gasteiger charge is -2.26. The minimum Gasteiger partial charge on any atom is -0.0683 e. The van der Waals surface area contributed by atoms with Gasteiger partial charge in [-0.15, -0.1) is 0 Å². The second kappa shape index (κ2) is 11.5. The number of hydrogen-bond donors (Lipinski definition) is 0. The van der Waals surface area contributed by atoms with Gasteiger partial charge in [-0.05, 0) is 11.8 Å². The van der Waals surface area contributed by atoms with Crippen LogP contribution in [-0.4, -0.2) is 0 Å². The summed E-state index contributed by atoms with van der Waals surface area (Å²) in [6.45, 7) is 8.25. The largest absolute Gasteiger partial charge is 0.0683 e. The minimum absolute atomic E-state index is 1.13. The molecule has 0 N–H and O–H groups in total. The number of fused-ring (bicyclic) bond motifs is 6. The summed E-state index contributed by atoms with van der Waals surface area (Å²) in [7, 11) is 0. The summed E-state index contributed by atoms with van der Waals surface area (Å²) in [6.07, 6.45) is 15.2. The van der Waals surface area contributed by atoms with Gasteiger partial charge < -0.3 is 0 Å². The van der Waals surface area contributed by atoms with Crippen LogP contribution in [0.2, 0.25) is 0 Å². The third-order valence-corrected chi connectivity index (χ3v) is 3.69. The van der Waals surface area contributed by atoms with Gasteiger partial charge in [-0.3, -0.25) is 0 Å². The number of hydrogen-bond acceptors (Lipinski definition) is 0. The zero-order valence-electron chi connectivity index (χ0n) is 12.2. The van der Waals surface area contributed by atoms with E-state index in [9.17, 15) is 0 Å². The maximum absolute atomic E-state index is 2.12. The molecule has 0 atom stereocenters. The van der Waals surface area contributed by atoms with Crippen LogP contribution >= 0.6 is 0 Å². The first-order chi connectivity index (χ1) is 7.86. The Labute approximate surface area is 104 Å². The highest BCUT2D eigenvalue weighted by Gasteiger charge is 2.21. The maximum Gasteiger partial charge on any atom is -0.0414 e. The lowest BCUT2D eigenvalue weighted by Crippen LogP contribution is -2.12. The first kappa shape index (κ1) is 16.0. The first-order valence-electron chi connectivity index (χ1n) is 7.86. The average molecular weight is 226 g/mol. The molecule has 3 rings (SSSR count). The summed E-state index contributed by atoms with van der Waals surface area (Å²) in [5, 5.41) is 0. The summed E-state index contributed by atoms with van der Waals surface area (Å²) >= 11 is 0. The van der Waals surface area contributed by atoms with Crippen LogP contribution in [0, 0.1) is 11.8 Å². The van der Waals surface area contributed by atoms with Gasteiger partial charge in [-0.2, -0.15) is 0 Å². The Bertz CT molecular complexity index is 100. The molecule has 3 aliphatic carbocycles. The fourth-order valence-corrected chi connectivity index (χ4v) is 2.85. The average Bonchev–Trinajstić information content (AvgIpc) is 2.51. The molecule has 3 fully saturated rings. The molecular formula is C16H34. The number of rotatable bonds is 0. The second-order valence-electron chi connectivity index (χ2n) is 5.23. The molecular weight excluding hydrogens is 192 g/mol. The SMILES string of the molecule is C1CCC2CCC(CC1)CC2.CC.CCC. The summed E-state index contributed by atoms with van der Waals surface area (Å²) in [4.78, 5) is 0. The third-order valence-electron chi connectivity index (χ3n) is 3.69. The van der Waals surface area contributed by atoms with Crippen LogP contribution in [0.15, 0.2) is 0 Å². The Morgan fingerprint density at radius 3 is 1.25 bits per heavy atom. The Morgan fingerprint density at radius 1 is 0.625 bits per heavy atom. The van der Waals surface area contributed by atoms with E-state index in [1.54, 1.807) is 38.5 Å². The molecule has 0 amide bonds. The van der Waals surface area contributed by atoms with Crippen molar-refractivity contribution < 1.29 is 0 Å². The van der Waals surface area contributed by atoms with E-state index in [0.29, 0.717) is 0 Å². The predicted molar refractivity (Wildman–Crippen MR) is 75.8 cm³/mol. The lowest BCUT2D eigenvalue weighted by molar-refractivity contribution is 0.264. The van der Waals surface area contributed by atoms with Gasteiger partial charge in [0.2, 0.25) is 0 Å². The van der Waals surface area contributed by atoms with E-state index in [0.717, 1.165) is 11.8 Å². The summed E-state index contributed by atoms with van der Waals surface area (Å²) in [6, 6.07) is 0. The predicted octanol–water partition coefficient (Wildman–Crippen LogP) is 6.20. The molecule has 0 aliphatic heterocycles. The van der Waals surface area contributed by atoms with Crippen LogP contribution in [-0.2, 0) is 0 Å². The second-order valence-corrected chi connectivity index (χ2v) is 5.23. The van der Waals surface area contributed by atoms with E-state index in [4.69, 9.17) is 0 Å². The Kier molecular flexibility index (Phi) is 11.5. The van der Waals surface area contributed by atoms with Crippen molar-refractivity contribution in [1.82, 2.24) is 0 Å². The van der Waals surface area contributed by atoms with Crippen molar-refractivity contribution in [2.45, 2.75) is 91.9 Å². The van der Waals surface area contributed by atoms with Crippen LogP contribution < -0.4 is 0 Å². The summed E-state index contributed by atoms with van der Waals surface area (Å²) in [5.41, 5.74) is 0. The van der Waals surface area contributed by atoms with E-state index in [-0.39, 0.29) is 0 Å². The van der Waals surface area contributed by atoms with Gasteiger partial charge in [0.05, 0.1) is 0 Å². The van der Waals surface area contributed by atoms with E-state index in [1.165, 1.54) is 25.7 Å². The molecule has 0 heteroatoms. The molecule has 0 unspecified atom stereocenters. The smallest absolute Gasteiger partial charge is 0.0414 e. The molecule has 3 saturated carbocycles. The molecule has 0 saturated heterocycles. The van der Waals surface area contributed by atoms with Gasteiger partial charge in [0.15, 0.2) is 0 Å². The van der Waals surface area contributed by atoms with Crippen LogP contribution in [0.3, 0.4) is 0 Å². The minimum atomic E-state index is 1.13. The molecule has 0 aromatic carbocycles. The third kappa shape index (κ3) is 7.30. The van der Waals surface area contributed by atoms with E-state index >= 15 is 0 Å². The van der Waals surface area contributed by atoms with Gasteiger partial charge in [0.1, 0.15) is 0 Å². The molecule has 0 heterocycles. The van der Waals surface area contributed by atoms with Crippen LogP contribution in [0.1, 0.15) is 91.9 Å². The highest BCUT2D eigenvalue weighted by molar-refractivity contribution is 4.74. The van der Waals surface area contributed by atoms with Gasteiger partial charge in [0.25, 0.3) is 0 Å². The van der Waals surface area contributed by atoms with Gasteiger partial charge in [0, 0.05) is 0 Å². The van der Waals surface area contributed by atoms with E-state index in [2.05, 4.69) is 13.8 Å². The molecule has 0 radical (unpaired) electrons. The molecule has 2 bridgehead atoms. The molecule has 0 nitrogen and oxygen atoms in total. The van der Waals surface area contributed by atoms with Crippen molar-refractivity contribution in [1.29, 1.82) is 0 Å². The Balaban J connectivity index is 0.000000394. The van der Waals surface area contributed by atoms with Crippen LogP contribution in [0.5, 0.6) is 0 Å². The molecule has 98 valence electrons. The molecule has 3 aliphatic rings. The molecule has 0 aromatic rings. The van der Waals surface area contributed by atoms with Crippen molar-refractivity contribution in [2.75, 3.05) is 0 Å². The zero-order chi connectivity index (χ0) is 12.2. The topological polar surface area (TPSA) is 0 Å². The van der Waals surface area contributed by atoms with Crippen molar-refractivity contribution in [3.63, 3.8) is 0 Å². The first-order valence-corrected chi connectivity index (χ1v) is 7.86. The van der Waals surface area contributed by atoms with E-state index in [1.807, 2.05) is 13.8 Å². The van der Waals surface area contributed by atoms with Gasteiger partial charge >= 0.3 is 0 Å². The monoisotopic (exact) mass is 226 g/mol. The molecule has 0 spiro atoms. The zero-order valence-corrected chi connectivity index (χ0v) is 12.2. The molecule has 0 aromatic heterocycles. The van der Waals surface area contributed by atoms with Crippen LogP contribution in [0.4, 0.5) is 0 Å². The standard InChI is InChI=1S/C11H20.C3H8.C2H6/c1-2-4-10-6-8-11(5-3-1)9-7-10;1-3-2;1-2/h10-11H,1-9H2;3H2,1-2H3;1-2H3.